The first kappa shape index (κ1) is 22.7. The lowest BCUT2D eigenvalue weighted by molar-refractivity contribution is -0.137. The minimum Gasteiger partial charge on any atom is -0.339 e. The molecule has 12 heteroatoms. The van der Waals surface area contributed by atoms with E-state index >= 15 is 0 Å². The molecule has 1 fully saturated rings. The van der Waals surface area contributed by atoms with Gasteiger partial charge in [0.2, 0.25) is 11.9 Å². The molecule has 0 saturated carbocycles. The highest BCUT2D eigenvalue weighted by molar-refractivity contribution is 5.79. The van der Waals surface area contributed by atoms with Crippen LogP contribution in [-0.4, -0.2) is 61.8 Å². The Morgan fingerprint density at radius 3 is 2.51 bits per heavy atom. The van der Waals surface area contributed by atoms with Crippen molar-refractivity contribution in [2.75, 3.05) is 36.4 Å². The SMILES string of the molecule is Cc1cc(Nc2nc(N3CCN(C(=O)Cc4ccc(C(F)(F)F)cc4)CC3)nn3cccc23)n[nH]1. The molecule has 3 aromatic heterocycles. The molecule has 0 unspecified atom stereocenters. The number of carbonyl (C=O) groups excluding carboxylic acids is 1. The molecule has 1 aromatic carbocycles. The molecule has 1 aliphatic rings. The predicted octanol–water partition coefficient (Wildman–Crippen LogP) is 3.41. The summed E-state index contributed by atoms with van der Waals surface area (Å²) in [6.45, 7) is 3.91. The molecule has 9 nitrogen and oxygen atoms in total. The van der Waals surface area contributed by atoms with E-state index in [2.05, 4.69) is 20.6 Å². The number of amides is 1. The molecule has 0 aliphatic carbocycles. The molecule has 35 heavy (non-hydrogen) atoms. The Balaban J connectivity index is 1.24. The Hall–Kier alpha value is -4.09. The molecule has 0 atom stereocenters. The molecular formula is C23H23F3N8O. The molecule has 1 aliphatic heterocycles. The highest BCUT2D eigenvalue weighted by atomic mass is 19.4. The number of H-pyrrole nitrogens is 1. The lowest BCUT2D eigenvalue weighted by Gasteiger charge is -2.35. The van der Waals surface area contributed by atoms with Crippen molar-refractivity contribution in [1.82, 2.24) is 29.7 Å². The Morgan fingerprint density at radius 2 is 1.86 bits per heavy atom. The second kappa shape index (κ2) is 8.93. The van der Waals surface area contributed by atoms with Crippen molar-refractivity contribution in [3.63, 3.8) is 0 Å². The van der Waals surface area contributed by atoms with E-state index in [-0.39, 0.29) is 12.3 Å². The van der Waals surface area contributed by atoms with Crippen LogP contribution in [0.3, 0.4) is 0 Å². The minimum absolute atomic E-state index is 0.0567. The normalized spacial score (nSPS) is 14.5. The maximum atomic E-state index is 12.8. The summed E-state index contributed by atoms with van der Waals surface area (Å²) >= 11 is 0. The average Bonchev–Trinajstić information content (AvgIpc) is 3.47. The summed E-state index contributed by atoms with van der Waals surface area (Å²) in [7, 11) is 0. The Morgan fingerprint density at radius 1 is 1.11 bits per heavy atom. The quantitative estimate of drug-likeness (QED) is 0.451. The number of anilines is 3. The predicted molar refractivity (Wildman–Crippen MR) is 124 cm³/mol. The van der Waals surface area contributed by atoms with Crippen molar-refractivity contribution in [2.45, 2.75) is 19.5 Å². The van der Waals surface area contributed by atoms with Gasteiger partial charge in [-0.25, -0.2) is 4.52 Å². The summed E-state index contributed by atoms with van der Waals surface area (Å²) < 4.78 is 40.0. The number of carbonyl (C=O) groups is 1. The first-order chi connectivity index (χ1) is 16.8. The smallest absolute Gasteiger partial charge is 0.339 e. The summed E-state index contributed by atoms with van der Waals surface area (Å²) in [5.41, 5.74) is 1.56. The fourth-order valence-electron chi connectivity index (χ4n) is 4.01. The molecule has 182 valence electrons. The van der Waals surface area contributed by atoms with Crippen LogP contribution in [0.1, 0.15) is 16.8 Å². The third-order valence-electron chi connectivity index (χ3n) is 5.88. The fraction of sp³-hybridized carbons (Fsp3) is 0.304. The summed E-state index contributed by atoms with van der Waals surface area (Å²) in [5.74, 6) is 1.67. The second-order valence-electron chi connectivity index (χ2n) is 8.40. The topological polar surface area (TPSA) is 94.5 Å². The number of hydrogen-bond acceptors (Lipinski definition) is 6. The Kier molecular flexibility index (Phi) is 5.79. The van der Waals surface area contributed by atoms with Crippen LogP contribution in [-0.2, 0) is 17.4 Å². The number of halogens is 3. The number of alkyl halides is 3. The highest BCUT2D eigenvalue weighted by Crippen LogP contribution is 2.29. The van der Waals surface area contributed by atoms with Gasteiger partial charge < -0.3 is 15.1 Å². The number of piperazine rings is 1. The van der Waals surface area contributed by atoms with Gasteiger partial charge in [-0.05, 0) is 36.8 Å². The third-order valence-corrected chi connectivity index (χ3v) is 5.88. The van der Waals surface area contributed by atoms with Crippen molar-refractivity contribution in [1.29, 1.82) is 0 Å². The van der Waals surface area contributed by atoms with E-state index in [1.165, 1.54) is 12.1 Å². The molecule has 2 N–H and O–H groups in total. The number of rotatable bonds is 5. The van der Waals surface area contributed by atoms with Crippen LogP contribution in [0.5, 0.6) is 0 Å². The number of fused-ring (bicyclic) bond motifs is 1. The van der Waals surface area contributed by atoms with Crippen molar-refractivity contribution < 1.29 is 18.0 Å². The fourth-order valence-corrected chi connectivity index (χ4v) is 4.01. The number of aromatic amines is 1. The van der Waals surface area contributed by atoms with Gasteiger partial charge in [0.25, 0.3) is 0 Å². The molecule has 4 aromatic rings. The number of nitrogens with zero attached hydrogens (tertiary/aromatic N) is 6. The molecule has 0 bridgehead atoms. The van der Waals surface area contributed by atoms with Crippen LogP contribution < -0.4 is 10.2 Å². The van der Waals surface area contributed by atoms with Crippen molar-refractivity contribution in [3.8, 4) is 0 Å². The number of aromatic nitrogens is 5. The molecule has 4 heterocycles. The van der Waals surface area contributed by atoms with Gasteiger partial charge in [0.1, 0.15) is 5.52 Å². The zero-order valence-electron chi connectivity index (χ0n) is 18.9. The van der Waals surface area contributed by atoms with Crippen molar-refractivity contribution >= 4 is 29.0 Å². The van der Waals surface area contributed by atoms with Gasteiger partial charge in [-0.3, -0.25) is 9.89 Å². The Labute approximate surface area is 198 Å². The van der Waals surface area contributed by atoms with Crippen LogP contribution in [0.2, 0.25) is 0 Å². The van der Waals surface area contributed by atoms with Crippen molar-refractivity contribution in [3.05, 3.63) is 65.5 Å². The van der Waals surface area contributed by atoms with Gasteiger partial charge in [0.15, 0.2) is 11.6 Å². The molecule has 5 rings (SSSR count). The highest BCUT2D eigenvalue weighted by Gasteiger charge is 2.30. The number of aryl methyl sites for hydroxylation is 1. The molecular weight excluding hydrogens is 461 g/mol. The molecule has 0 spiro atoms. The summed E-state index contributed by atoms with van der Waals surface area (Å²) in [6.07, 6.45) is -2.50. The van der Waals surface area contributed by atoms with E-state index in [1.54, 1.807) is 9.42 Å². The van der Waals surface area contributed by atoms with E-state index in [0.717, 1.165) is 23.3 Å². The van der Waals surface area contributed by atoms with Gasteiger partial charge in [0.05, 0.1) is 12.0 Å². The third kappa shape index (κ3) is 4.91. The lowest BCUT2D eigenvalue weighted by atomic mass is 10.1. The molecule has 0 radical (unpaired) electrons. The maximum absolute atomic E-state index is 12.8. The van der Waals surface area contributed by atoms with E-state index in [0.29, 0.717) is 49.3 Å². The van der Waals surface area contributed by atoms with Gasteiger partial charge in [0, 0.05) is 44.1 Å². The standard InChI is InChI=1S/C23H23F3N8O/c1-15-13-19(30-29-15)27-21-18-3-2-8-34(18)31-22(28-21)33-11-9-32(10-12-33)20(35)14-16-4-6-17(7-5-16)23(24,25)26/h2-8,13H,9-12,14H2,1H3,(H2,27,28,29,30,31). The summed E-state index contributed by atoms with van der Waals surface area (Å²) in [6, 6.07) is 10.4. The molecule has 1 saturated heterocycles. The number of benzene rings is 1. The van der Waals surface area contributed by atoms with Crippen LogP contribution >= 0.6 is 0 Å². The summed E-state index contributed by atoms with van der Waals surface area (Å²) in [5, 5.41) is 14.9. The first-order valence-corrected chi connectivity index (χ1v) is 11.1. The Bertz CT molecular complexity index is 1340. The maximum Gasteiger partial charge on any atom is 0.416 e. The van der Waals surface area contributed by atoms with E-state index in [1.807, 2.05) is 36.2 Å². The zero-order chi connectivity index (χ0) is 24.6. The zero-order valence-corrected chi connectivity index (χ0v) is 18.9. The van der Waals surface area contributed by atoms with Gasteiger partial charge in [-0.1, -0.05) is 12.1 Å². The van der Waals surface area contributed by atoms with E-state index in [9.17, 15) is 18.0 Å². The van der Waals surface area contributed by atoms with E-state index < -0.39 is 11.7 Å². The van der Waals surface area contributed by atoms with E-state index in [4.69, 9.17) is 4.98 Å². The van der Waals surface area contributed by atoms with Gasteiger partial charge in [-0.2, -0.15) is 23.3 Å². The summed E-state index contributed by atoms with van der Waals surface area (Å²) in [4.78, 5) is 21.1. The first-order valence-electron chi connectivity index (χ1n) is 11.1. The van der Waals surface area contributed by atoms with Gasteiger partial charge in [-0.15, -0.1) is 5.10 Å². The van der Waals surface area contributed by atoms with Crippen LogP contribution in [0.25, 0.3) is 5.52 Å². The average molecular weight is 484 g/mol. The lowest BCUT2D eigenvalue weighted by Crippen LogP contribution is -2.49. The van der Waals surface area contributed by atoms with Crippen LogP contribution in [0.15, 0.2) is 48.7 Å². The minimum atomic E-state index is -4.39. The number of hydrogen-bond donors (Lipinski definition) is 2. The largest absolute Gasteiger partial charge is 0.416 e. The monoisotopic (exact) mass is 484 g/mol. The van der Waals surface area contributed by atoms with Crippen LogP contribution in [0, 0.1) is 6.92 Å². The van der Waals surface area contributed by atoms with Gasteiger partial charge >= 0.3 is 6.18 Å². The molecule has 1 amide bonds. The number of nitrogens with one attached hydrogen (secondary N) is 2. The van der Waals surface area contributed by atoms with Crippen molar-refractivity contribution in [2.24, 2.45) is 0 Å². The second-order valence-corrected chi connectivity index (χ2v) is 8.40. The van der Waals surface area contributed by atoms with Crippen LogP contribution in [0.4, 0.5) is 30.8 Å².